The lowest BCUT2D eigenvalue weighted by Crippen LogP contribution is -2.33. The number of hydrogen-bond donors (Lipinski definition) is 1. The van der Waals surface area contributed by atoms with Crippen LogP contribution in [0.25, 0.3) is 0 Å². The van der Waals surface area contributed by atoms with Crippen molar-refractivity contribution in [2.24, 2.45) is 0 Å². The van der Waals surface area contributed by atoms with Crippen LogP contribution >= 0.6 is 11.6 Å². The minimum Gasteiger partial charge on any atom is -0.349 e. The van der Waals surface area contributed by atoms with Crippen LogP contribution in [0.5, 0.6) is 0 Å². The zero-order valence-electron chi connectivity index (χ0n) is 8.84. The molecule has 0 spiro atoms. The summed E-state index contributed by atoms with van der Waals surface area (Å²) >= 11 is 5.70. The second-order valence-corrected chi connectivity index (χ2v) is 4.05. The predicted molar refractivity (Wildman–Crippen MR) is 59.7 cm³/mol. The Hall–Kier alpha value is -0.830. The van der Waals surface area contributed by atoms with E-state index in [1.807, 2.05) is 0 Å². The molecule has 0 saturated heterocycles. The molecule has 0 aliphatic heterocycles. The summed E-state index contributed by atoms with van der Waals surface area (Å²) in [7, 11) is 0. The van der Waals surface area contributed by atoms with Gasteiger partial charge in [0.15, 0.2) is 0 Å². The van der Waals surface area contributed by atoms with Gasteiger partial charge >= 0.3 is 0 Å². The normalized spacial score (nSPS) is 11.4. The van der Waals surface area contributed by atoms with Crippen molar-refractivity contribution in [1.82, 2.24) is 9.97 Å². The highest BCUT2D eigenvalue weighted by Crippen LogP contribution is 2.19. The van der Waals surface area contributed by atoms with Crippen LogP contribution < -0.4 is 5.32 Å². The predicted octanol–water partition coefficient (Wildman–Crippen LogP) is 3.12. The molecule has 0 saturated carbocycles. The molecule has 0 bridgehead atoms. The van der Waals surface area contributed by atoms with E-state index in [0.29, 0.717) is 11.0 Å². The maximum Gasteiger partial charge on any atom is 0.223 e. The lowest BCUT2D eigenvalue weighted by Gasteiger charge is -2.27. The van der Waals surface area contributed by atoms with Gasteiger partial charge in [0.2, 0.25) is 5.95 Å². The molecule has 1 N–H and O–H groups in total. The van der Waals surface area contributed by atoms with Crippen LogP contribution in [0.3, 0.4) is 0 Å². The topological polar surface area (TPSA) is 37.8 Å². The van der Waals surface area contributed by atoms with Gasteiger partial charge in [-0.05, 0) is 19.8 Å². The summed E-state index contributed by atoms with van der Waals surface area (Å²) < 4.78 is 0. The third kappa shape index (κ3) is 2.84. The van der Waals surface area contributed by atoms with Crippen molar-refractivity contribution >= 4 is 17.5 Å². The molecule has 0 fully saturated rings. The number of halogens is 1. The Morgan fingerprint density at radius 2 is 1.79 bits per heavy atom. The van der Waals surface area contributed by atoms with Gasteiger partial charge in [0.05, 0.1) is 17.4 Å². The summed E-state index contributed by atoms with van der Waals surface area (Å²) in [6, 6.07) is 0. The average molecular weight is 214 g/mol. The number of rotatable bonds is 4. The van der Waals surface area contributed by atoms with E-state index in [1.54, 1.807) is 12.4 Å². The van der Waals surface area contributed by atoms with Crippen molar-refractivity contribution in [3.63, 3.8) is 0 Å². The Morgan fingerprint density at radius 3 is 2.21 bits per heavy atom. The molecule has 1 rings (SSSR count). The van der Waals surface area contributed by atoms with E-state index < -0.39 is 0 Å². The second-order valence-electron chi connectivity index (χ2n) is 3.62. The SMILES string of the molecule is CCC(C)(CC)Nc1ncc(Cl)cn1. The van der Waals surface area contributed by atoms with Gasteiger partial charge in [0.1, 0.15) is 0 Å². The third-order valence-electron chi connectivity index (χ3n) is 2.59. The van der Waals surface area contributed by atoms with Gasteiger partial charge in [0.25, 0.3) is 0 Å². The fraction of sp³-hybridized carbons (Fsp3) is 0.600. The van der Waals surface area contributed by atoms with Crippen LogP contribution in [0.2, 0.25) is 5.02 Å². The molecule has 1 aromatic rings. The van der Waals surface area contributed by atoms with Crippen LogP contribution in [-0.2, 0) is 0 Å². The van der Waals surface area contributed by atoms with Gasteiger partial charge in [-0.1, -0.05) is 25.4 Å². The highest BCUT2D eigenvalue weighted by atomic mass is 35.5. The van der Waals surface area contributed by atoms with Gasteiger partial charge in [-0.25, -0.2) is 9.97 Å². The molecule has 0 unspecified atom stereocenters. The molecule has 1 heterocycles. The summed E-state index contributed by atoms with van der Waals surface area (Å²) in [5.74, 6) is 0.639. The Balaban J connectivity index is 2.72. The van der Waals surface area contributed by atoms with Gasteiger partial charge < -0.3 is 5.32 Å². The second kappa shape index (κ2) is 4.60. The monoisotopic (exact) mass is 213 g/mol. The van der Waals surface area contributed by atoms with E-state index in [4.69, 9.17) is 11.6 Å². The summed E-state index contributed by atoms with van der Waals surface area (Å²) in [5.41, 5.74) is 0.0633. The largest absolute Gasteiger partial charge is 0.349 e. The molecule has 0 amide bonds. The van der Waals surface area contributed by atoms with Crippen LogP contribution in [0.1, 0.15) is 33.6 Å². The molecule has 0 aromatic carbocycles. The van der Waals surface area contributed by atoms with Gasteiger partial charge in [-0.3, -0.25) is 0 Å². The zero-order valence-corrected chi connectivity index (χ0v) is 9.60. The first-order valence-corrected chi connectivity index (χ1v) is 5.23. The van der Waals surface area contributed by atoms with Crippen molar-refractivity contribution < 1.29 is 0 Å². The van der Waals surface area contributed by atoms with E-state index >= 15 is 0 Å². The quantitative estimate of drug-likeness (QED) is 0.835. The molecule has 0 radical (unpaired) electrons. The Kier molecular flexibility index (Phi) is 3.69. The Morgan fingerprint density at radius 1 is 1.29 bits per heavy atom. The minimum atomic E-state index is 0.0633. The maximum absolute atomic E-state index is 5.70. The van der Waals surface area contributed by atoms with E-state index in [1.165, 1.54) is 0 Å². The van der Waals surface area contributed by atoms with Crippen LogP contribution in [0, 0.1) is 0 Å². The number of aromatic nitrogens is 2. The van der Waals surface area contributed by atoms with Crippen LogP contribution in [0.15, 0.2) is 12.4 Å². The number of nitrogens with zero attached hydrogens (tertiary/aromatic N) is 2. The summed E-state index contributed by atoms with van der Waals surface area (Å²) in [4.78, 5) is 8.21. The van der Waals surface area contributed by atoms with Crippen molar-refractivity contribution in [2.75, 3.05) is 5.32 Å². The first-order valence-electron chi connectivity index (χ1n) is 4.85. The summed E-state index contributed by atoms with van der Waals surface area (Å²) in [6.07, 6.45) is 5.27. The number of anilines is 1. The van der Waals surface area contributed by atoms with Crippen LogP contribution in [-0.4, -0.2) is 15.5 Å². The fourth-order valence-electron chi connectivity index (χ4n) is 1.07. The lowest BCUT2D eigenvalue weighted by atomic mass is 9.96. The van der Waals surface area contributed by atoms with Gasteiger partial charge in [-0.2, -0.15) is 0 Å². The third-order valence-corrected chi connectivity index (χ3v) is 2.79. The molecule has 1 aromatic heterocycles. The molecular weight excluding hydrogens is 198 g/mol. The standard InChI is InChI=1S/C10H16ClN3/c1-4-10(3,5-2)14-9-12-6-8(11)7-13-9/h6-7H,4-5H2,1-3H3,(H,12,13,14). The Labute approximate surface area is 89.9 Å². The van der Waals surface area contributed by atoms with Crippen molar-refractivity contribution in [3.05, 3.63) is 17.4 Å². The molecule has 14 heavy (non-hydrogen) atoms. The lowest BCUT2D eigenvalue weighted by molar-refractivity contribution is 0.474. The highest BCUT2D eigenvalue weighted by Gasteiger charge is 2.19. The average Bonchev–Trinajstić information content (AvgIpc) is 2.21. The first-order chi connectivity index (χ1) is 6.59. The number of hydrogen-bond acceptors (Lipinski definition) is 3. The molecule has 0 atom stereocenters. The molecule has 78 valence electrons. The summed E-state index contributed by atoms with van der Waals surface area (Å²) in [5, 5.41) is 3.86. The fourth-order valence-corrected chi connectivity index (χ4v) is 1.17. The van der Waals surface area contributed by atoms with Gasteiger partial charge in [0, 0.05) is 5.54 Å². The van der Waals surface area contributed by atoms with E-state index in [0.717, 1.165) is 12.8 Å². The molecule has 0 aliphatic rings. The molecular formula is C10H16ClN3. The molecule has 3 nitrogen and oxygen atoms in total. The van der Waals surface area contributed by atoms with Crippen LogP contribution in [0.4, 0.5) is 5.95 Å². The Bertz CT molecular complexity index is 280. The highest BCUT2D eigenvalue weighted by molar-refractivity contribution is 6.30. The van der Waals surface area contributed by atoms with Crippen molar-refractivity contribution in [3.8, 4) is 0 Å². The van der Waals surface area contributed by atoms with E-state index in [2.05, 4.69) is 36.1 Å². The van der Waals surface area contributed by atoms with E-state index in [9.17, 15) is 0 Å². The van der Waals surface area contributed by atoms with Gasteiger partial charge in [-0.15, -0.1) is 0 Å². The first kappa shape index (κ1) is 11.2. The smallest absolute Gasteiger partial charge is 0.223 e. The molecule has 4 heteroatoms. The summed E-state index contributed by atoms with van der Waals surface area (Å²) in [6.45, 7) is 6.45. The molecule has 0 aliphatic carbocycles. The van der Waals surface area contributed by atoms with Crippen molar-refractivity contribution in [1.29, 1.82) is 0 Å². The number of nitrogens with one attached hydrogen (secondary N) is 1. The minimum absolute atomic E-state index is 0.0633. The zero-order chi connectivity index (χ0) is 10.6. The van der Waals surface area contributed by atoms with Crippen molar-refractivity contribution in [2.45, 2.75) is 39.2 Å². The maximum atomic E-state index is 5.70. The van der Waals surface area contributed by atoms with E-state index in [-0.39, 0.29) is 5.54 Å².